The van der Waals surface area contributed by atoms with Crippen LogP contribution in [0.2, 0.25) is 0 Å². The standard InChI is InChI=1S/C15H12O2/c1-3-7-13(8-4-1)15(11-12-16-17-15)14-9-5-2-6-10-14/h1-12H. The molecule has 3 rings (SSSR count). The van der Waals surface area contributed by atoms with Crippen LogP contribution < -0.4 is 0 Å². The van der Waals surface area contributed by atoms with Gasteiger partial charge in [0.15, 0.2) is 5.60 Å². The molecule has 2 heteroatoms. The summed E-state index contributed by atoms with van der Waals surface area (Å²) in [6.45, 7) is 0. The van der Waals surface area contributed by atoms with E-state index in [1.807, 2.05) is 66.7 Å². The highest BCUT2D eigenvalue weighted by molar-refractivity contribution is 5.41. The molecular weight excluding hydrogens is 212 g/mol. The van der Waals surface area contributed by atoms with Gasteiger partial charge >= 0.3 is 0 Å². The first-order valence-corrected chi connectivity index (χ1v) is 5.55. The molecule has 0 N–H and O–H groups in total. The maximum atomic E-state index is 5.50. The molecule has 0 aliphatic carbocycles. The van der Waals surface area contributed by atoms with E-state index in [-0.39, 0.29) is 0 Å². The Labute approximate surface area is 100 Å². The average molecular weight is 224 g/mol. The molecule has 0 spiro atoms. The van der Waals surface area contributed by atoms with Crippen molar-refractivity contribution in [2.24, 2.45) is 0 Å². The normalized spacial score (nSPS) is 16.7. The summed E-state index contributed by atoms with van der Waals surface area (Å²) < 4.78 is 0. The van der Waals surface area contributed by atoms with E-state index in [2.05, 4.69) is 0 Å². The van der Waals surface area contributed by atoms with Crippen molar-refractivity contribution in [2.75, 3.05) is 0 Å². The fourth-order valence-electron chi connectivity index (χ4n) is 2.08. The van der Waals surface area contributed by atoms with Crippen molar-refractivity contribution >= 4 is 0 Å². The molecule has 2 aromatic carbocycles. The molecule has 0 amide bonds. The molecule has 1 aliphatic heterocycles. The molecule has 0 radical (unpaired) electrons. The molecule has 0 aromatic heterocycles. The fourth-order valence-corrected chi connectivity index (χ4v) is 2.08. The number of benzene rings is 2. The average Bonchev–Trinajstić information content (AvgIpc) is 2.91. The van der Waals surface area contributed by atoms with Crippen LogP contribution in [0.1, 0.15) is 11.1 Å². The van der Waals surface area contributed by atoms with Crippen LogP contribution in [0.5, 0.6) is 0 Å². The van der Waals surface area contributed by atoms with E-state index in [9.17, 15) is 0 Å². The van der Waals surface area contributed by atoms with E-state index >= 15 is 0 Å². The minimum Gasteiger partial charge on any atom is -0.344 e. The zero-order valence-electron chi connectivity index (χ0n) is 9.24. The van der Waals surface area contributed by atoms with Gasteiger partial charge < -0.3 is 4.89 Å². The molecule has 1 heterocycles. The quantitative estimate of drug-likeness (QED) is 0.728. The molecule has 0 atom stereocenters. The monoisotopic (exact) mass is 224 g/mol. The lowest BCUT2D eigenvalue weighted by molar-refractivity contribution is -0.283. The molecule has 17 heavy (non-hydrogen) atoms. The molecule has 0 fully saturated rings. The third-order valence-electron chi connectivity index (χ3n) is 2.94. The maximum absolute atomic E-state index is 5.50. The third kappa shape index (κ3) is 1.63. The summed E-state index contributed by atoms with van der Waals surface area (Å²) in [7, 11) is 0. The summed E-state index contributed by atoms with van der Waals surface area (Å²) in [5.41, 5.74) is 1.49. The van der Waals surface area contributed by atoms with Gasteiger partial charge in [-0.05, 0) is 17.2 Å². The van der Waals surface area contributed by atoms with Crippen molar-refractivity contribution in [1.82, 2.24) is 0 Å². The third-order valence-corrected chi connectivity index (χ3v) is 2.94. The molecule has 84 valence electrons. The van der Waals surface area contributed by atoms with Crippen LogP contribution in [-0.2, 0) is 15.4 Å². The van der Waals surface area contributed by atoms with E-state index in [0.29, 0.717) is 0 Å². The fraction of sp³-hybridized carbons (Fsp3) is 0.0667. The predicted molar refractivity (Wildman–Crippen MR) is 65.0 cm³/mol. The second-order valence-corrected chi connectivity index (χ2v) is 3.95. The molecule has 0 saturated carbocycles. The minimum atomic E-state index is -0.622. The molecule has 0 bridgehead atoms. The largest absolute Gasteiger partial charge is 0.344 e. The second kappa shape index (κ2) is 4.07. The van der Waals surface area contributed by atoms with Crippen LogP contribution in [0, 0.1) is 0 Å². The van der Waals surface area contributed by atoms with Crippen molar-refractivity contribution in [3.63, 3.8) is 0 Å². The Morgan fingerprint density at radius 2 is 1.24 bits per heavy atom. The highest BCUT2D eigenvalue weighted by Crippen LogP contribution is 2.38. The van der Waals surface area contributed by atoms with Crippen molar-refractivity contribution < 1.29 is 9.78 Å². The lowest BCUT2D eigenvalue weighted by Gasteiger charge is -2.25. The molecular formula is C15H12O2. The van der Waals surface area contributed by atoms with E-state index in [1.54, 1.807) is 6.26 Å². The van der Waals surface area contributed by atoms with Crippen LogP contribution in [0.4, 0.5) is 0 Å². The summed E-state index contributed by atoms with van der Waals surface area (Å²) >= 11 is 0. The van der Waals surface area contributed by atoms with Gasteiger partial charge in [-0.25, -0.2) is 0 Å². The SMILES string of the molecule is C1=CC(c2ccccc2)(c2ccccc2)OO1. The summed E-state index contributed by atoms with van der Waals surface area (Å²) in [5, 5.41) is 0. The lowest BCUT2D eigenvalue weighted by atomic mass is 9.86. The van der Waals surface area contributed by atoms with Gasteiger partial charge in [-0.3, -0.25) is 0 Å². The lowest BCUT2D eigenvalue weighted by Crippen LogP contribution is -2.25. The van der Waals surface area contributed by atoms with Gasteiger partial charge in [0.05, 0.1) is 0 Å². The molecule has 0 saturated heterocycles. The first kappa shape index (κ1) is 10.1. The van der Waals surface area contributed by atoms with Crippen LogP contribution >= 0.6 is 0 Å². The topological polar surface area (TPSA) is 18.5 Å². The Kier molecular flexibility index (Phi) is 2.42. The number of rotatable bonds is 2. The number of hydrogen-bond acceptors (Lipinski definition) is 2. The summed E-state index contributed by atoms with van der Waals surface area (Å²) in [5.74, 6) is 0. The number of hydrogen-bond donors (Lipinski definition) is 0. The van der Waals surface area contributed by atoms with Gasteiger partial charge in [0.2, 0.25) is 0 Å². The Balaban J connectivity index is 2.15. The molecule has 2 nitrogen and oxygen atoms in total. The summed E-state index contributed by atoms with van der Waals surface area (Å²) in [4.78, 5) is 10.5. The Morgan fingerprint density at radius 3 is 1.65 bits per heavy atom. The summed E-state index contributed by atoms with van der Waals surface area (Å²) in [6, 6.07) is 20.1. The highest BCUT2D eigenvalue weighted by atomic mass is 17.2. The van der Waals surface area contributed by atoms with E-state index in [1.165, 1.54) is 0 Å². The van der Waals surface area contributed by atoms with Gasteiger partial charge in [0.25, 0.3) is 0 Å². The highest BCUT2D eigenvalue weighted by Gasteiger charge is 2.37. The van der Waals surface area contributed by atoms with Crippen LogP contribution in [0.25, 0.3) is 0 Å². The van der Waals surface area contributed by atoms with Crippen molar-refractivity contribution in [3.05, 3.63) is 84.1 Å². The molecule has 1 aliphatic rings. The Bertz CT molecular complexity index is 478. The van der Waals surface area contributed by atoms with E-state index in [4.69, 9.17) is 9.78 Å². The van der Waals surface area contributed by atoms with Crippen LogP contribution in [-0.4, -0.2) is 0 Å². The van der Waals surface area contributed by atoms with Gasteiger partial charge in [-0.2, -0.15) is 4.89 Å². The van der Waals surface area contributed by atoms with Crippen molar-refractivity contribution in [1.29, 1.82) is 0 Å². The van der Waals surface area contributed by atoms with Gasteiger partial charge in [0.1, 0.15) is 6.26 Å². The Morgan fingerprint density at radius 1 is 0.706 bits per heavy atom. The maximum Gasteiger partial charge on any atom is 0.187 e. The van der Waals surface area contributed by atoms with E-state index in [0.717, 1.165) is 11.1 Å². The van der Waals surface area contributed by atoms with Crippen molar-refractivity contribution in [2.45, 2.75) is 5.60 Å². The zero-order valence-corrected chi connectivity index (χ0v) is 9.24. The molecule has 0 unspecified atom stereocenters. The van der Waals surface area contributed by atoms with Crippen LogP contribution in [0.15, 0.2) is 73.0 Å². The zero-order chi connectivity index (χ0) is 11.6. The van der Waals surface area contributed by atoms with Crippen molar-refractivity contribution in [3.8, 4) is 0 Å². The molecule has 2 aromatic rings. The van der Waals surface area contributed by atoms with Gasteiger partial charge in [0, 0.05) is 0 Å². The Hall–Kier alpha value is -2.06. The van der Waals surface area contributed by atoms with E-state index < -0.39 is 5.60 Å². The first-order valence-electron chi connectivity index (χ1n) is 5.55. The predicted octanol–water partition coefficient (Wildman–Crippen LogP) is 3.41. The second-order valence-electron chi connectivity index (χ2n) is 3.95. The first-order chi connectivity index (χ1) is 8.42. The van der Waals surface area contributed by atoms with Gasteiger partial charge in [-0.15, -0.1) is 0 Å². The minimum absolute atomic E-state index is 0.622. The summed E-state index contributed by atoms with van der Waals surface area (Å²) in [6.07, 6.45) is 3.51. The van der Waals surface area contributed by atoms with Gasteiger partial charge in [-0.1, -0.05) is 60.7 Å². The smallest absolute Gasteiger partial charge is 0.187 e. The van der Waals surface area contributed by atoms with Crippen LogP contribution in [0.3, 0.4) is 0 Å².